The Hall–Kier alpha value is -6.36. The monoisotopic (exact) mass is 778 g/mol. The van der Waals surface area contributed by atoms with Crippen LogP contribution in [0.2, 0.25) is 0 Å². The minimum atomic E-state index is -0.0796. The molecule has 0 amide bonds. The van der Waals surface area contributed by atoms with Gasteiger partial charge in [-0.3, -0.25) is 0 Å². The Morgan fingerprint density at radius 1 is 0.517 bits per heavy atom. The largest absolute Gasteiger partial charge is 0.335 e. The molecule has 4 atom stereocenters. The first-order chi connectivity index (χ1) is 29.1. The molecule has 7 aromatic rings. The summed E-state index contributed by atoms with van der Waals surface area (Å²) in [6, 6.07) is 51.5. The second-order valence-electron chi connectivity index (χ2n) is 18.9. The molecule has 11 rings (SSSR count). The van der Waals surface area contributed by atoms with Gasteiger partial charge in [0.2, 0.25) is 0 Å². The van der Waals surface area contributed by atoms with Crippen molar-refractivity contribution in [2.45, 2.75) is 101 Å². The molecule has 0 saturated heterocycles. The predicted octanol–water partition coefficient (Wildman–Crippen LogP) is 15.2. The van der Waals surface area contributed by atoms with Crippen molar-refractivity contribution < 1.29 is 0 Å². The summed E-state index contributed by atoms with van der Waals surface area (Å²) in [7, 11) is 0. The van der Waals surface area contributed by atoms with Gasteiger partial charge in [-0.05, 0) is 155 Å². The van der Waals surface area contributed by atoms with Gasteiger partial charge in [0.25, 0.3) is 0 Å². The standard InChI is InChI=1S/C56H50N4/c1-53-30-10-12-32-55(53,3)59(41-24-18-37(36-57)19-25-41)49-28-20-38(34-47(49)53)51-43-14-6-8-16-45(43)52(46-17-9-7-15-44(46)51)39-21-29-50-48(35-39)54(2)31-11-13-33-56(54,4)60(50)42-26-22-40(58-5)23-27-42/h6-9,14-29,34-35H,10-13,30-33H2,1-4H3. The van der Waals surface area contributed by atoms with Crippen molar-refractivity contribution in [1.29, 1.82) is 5.26 Å². The number of benzene rings is 7. The third-order valence-electron chi connectivity index (χ3n) is 16.2. The van der Waals surface area contributed by atoms with Gasteiger partial charge < -0.3 is 9.80 Å². The number of nitrogens with zero attached hydrogens (tertiary/aromatic N) is 4. The third-order valence-corrected chi connectivity index (χ3v) is 16.2. The fourth-order valence-corrected chi connectivity index (χ4v) is 12.7. The van der Waals surface area contributed by atoms with E-state index in [2.05, 4.69) is 158 Å². The van der Waals surface area contributed by atoms with Gasteiger partial charge in [0.1, 0.15) is 0 Å². The Labute approximate surface area is 354 Å². The lowest BCUT2D eigenvalue weighted by Gasteiger charge is -2.50. The molecule has 7 aromatic carbocycles. The Morgan fingerprint density at radius 3 is 1.32 bits per heavy atom. The summed E-state index contributed by atoms with van der Waals surface area (Å²) in [6.45, 7) is 17.5. The van der Waals surface area contributed by atoms with E-state index in [0.29, 0.717) is 11.3 Å². The van der Waals surface area contributed by atoms with E-state index in [1.165, 1.54) is 97.7 Å². The highest BCUT2D eigenvalue weighted by atomic mass is 15.3. The number of hydrogen-bond donors (Lipinski definition) is 0. The molecular weight excluding hydrogens is 729 g/mol. The first-order valence-corrected chi connectivity index (χ1v) is 22.0. The molecule has 4 unspecified atom stereocenters. The molecule has 0 N–H and O–H groups in total. The molecule has 4 aliphatic rings. The maximum absolute atomic E-state index is 9.59. The Balaban J connectivity index is 1.10. The average molecular weight is 779 g/mol. The van der Waals surface area contributed by atoms with E-state index < -0.39 is 0 Å². The van der Waals surface area contributed by atoms with Crippen molar-refractivity contribution >= 4 is 50.0 Å². The van der Waals surface area contributed by atoms with Gasteiger partial charge in [0.05, 0.1) is 29.3 Å². The quantitative estimate of drug-likeness (QED) is 0.132. The van der Waals surface area contributed by atoms with Crippen LogP contribution in [-0.4, -0.2) is 11.1 Å². The van der Waals surface area contributed by atoms with E-state index in [0.717, 1.165) is 31.4 Å². The summed E-state index contributed by atoms with van der Waals surface area (Å²) in [6.07, 6.45) is 9.43. The fraction of sp³-hybridized carbons (Fsp3) is 0.286. The van der Waals surface area contributed by atoms with Gasteiger partial charge >= 0.3 is 0 Å². The highest BCUT2D eigenvalue weighted by Crippen LogP contribution is 2.63. The van der Waals surface area contributed by atoms with Crippen LogP contribution >= 0.6 is 0 Å². The van der Waals surface area contributed by atoms with Crippen molar-refractivity contribution in [3.63, 3.8) is 0 Å². The van der Waals surface area contributed by atoms with Crippen molar-refractivity contribution in [2.24, 2.45) is 0 Å². The van der Waals surface area contributed by atoms with Gasteiger partial charge in [-0.2, -0.15) is 5.26 Å². The topological polar surface area (TPSA) is 34.6 Å². The molecule has 2 aliphatic carbocycles. The lowest BCUT2D eigenvalue weighted by molar-refractivity contribution is 0.195. The van der Waals surface area contributed by atoms with Crippen molar-refractivity contribution in [1.82, 2.24) is 0 Å². The summed E-state index contributed by atoms with van der Waals surface area (Å²) in [5.74, 6) is 0. The Morgan fingerprint density at radius 2 is 0.917 bits per heavy atom. The van der Waals surface area contributed by atoms with Crippen LogP contribution in [0.1, 0.15) is 95.8 Å². The molecule has 4 heteroatoms. The van der Waals surface area contributed by atoms with Gasteiger partial charge in [0.15, 0.2) is 5.69 Å². The predicted molar refractivity (Wildman–Crippen MR) is 249 cm³/mol. The molecule has 0 bridgehead atoms. The van der Waals surface area contributed by atoms with Crippen LogP contribution in [0.4, 0.5) is 28.4 Å². The molecule has 2 heterocycles. The highest BCUT2D eigenvalue weighted by Gasteiger charge is 2.59. The van der Waals surface area contributed by atoms with Crippen LogP contribution in [0.25, 0.3) is 48.6 Å². The Bertz CT molecular complexity index is 2730. The lowest BCUT2D eigenvalue weighted by atomic mass is 9.61. The molecule has 0 radical (unpaired) electrons. The highest BCUT2D eigenvalue weighted by molar-refractivity contribution is 6.21. The SMILES string of the molecule is [C-]#[N+]c1ccc(N2c3ccc(-c4c5ccccc5c(-c5ccc6c(c5)C5(C)CCCCC5(C)N6c5ccc(C#N)cc5)c5ccccc45)cc3C3(C)CCCCC23C)cc1. The third kappa shape index (κ3) is 4.83. The van der Waals surface area contributed by atoms with E-state index in [4.69, 9.17) is 6.57 Å². The van der Waals surface area contributed by atoms with Crippen LogP contribution in [0.5, 0.6) is 0 Å². The van der Waals surface area contributed by atoms with Gasteiger partial charge in [0, 0.05) is 33.6 Å². The summed E-state index contributed by atoms with van der Waals surface area (Å²) < 4.78 is 0. The summed E-state index contributed by atoms with van der Waals surface area (Å²) in [4.78, 5) is 8.89. The number of anilines is 4. The van der Waals surface area contributed by atoms with E-state index in [1.807, 2.05) is 24.3 Å². The van der Waals surface area contributed by atoms with E-state index in [9.17, 15) is 5.26 Å². The summed E-state index contributed by atoms with van der Waals surface area (Å²) in [5, 5.41) is 14.7. The zero-order chi connectivity index (χ0) is 41.0. The van der Waals surface area contributed by atoms with Gasteiger partial charge in [-0.25, -0.2) is 4.85 Å². The second kappa shape index (κ2) is 13.1. The molecule has 60 heavy (non-hydrogen) atoms. The number of hydrogen-bond acceptors (Lipinski definition) is 3. The number of nitriles is 1. The van der Waals surface area contributed by atoms with Gasteiger partial charge in [-0.1, -0.05) is 112 Å². The molecule has 2 saturated carbocycles. The first-order valence-electron chi connectivity index (χ1n) is 22.0. The van der Waals surface area contributed by atoms with Crippen molar-refractivity contribution in [3.05, 3.63) is 162 Å². The minimum Gasteiger partial charge on any atom is -0.335 e. The maximum Gasteiger partial charge on any atom is 0.187 e. The summed E-state index contributed by atoms with van der Waals surface area (Å²) >= 11 is 0. The molecule has 2 aliphatic heterocycles. The smallest absolute Gasteiger partial charge is 0.187 e. The van der Waals surface area contributed by atoms with Crippen LogP contribution < -0.4 is 9.80 Å². The van der Waals surface area contributed by atoms with E-state index in [-0.39, 0.29) is 21.9 Å². The minimum absolute atomic E-state index is 0.0274. The molecule has 0 spiro atoms. The van der Waals surface area contributed by atoms with Crippen LogP contribution in [0.3, 0.4) is 0 Å². The molecule has 2 fully saturated rings. The van der Waals surface area contributed by atoms with Crippen LogP contribution in [0.15, 0.2) is 133 Å². The number of rotatable bonds is 4. The Kier molecular flexibility index (Phi) is 7.99. The van der Waals surface area contributed by atoms with Crippen LogP contribution in [-0.2, 0) is 10.8 Å². The molecule has 0 aromatic heterocycles. The van der Waals surface area contributed by atoms with E-state index in [1.54, 1.807) is 0 Å². The molecular formula is C56H50N4. The normalized spacial score (nSPS) is 25.3. The molecule has 294 valence electrons. The van der Waals surface area contributed by atoms with E-state index >= 15 is 0 Å². The lowest BCUT2D eigenvalue weighted by Crippen LogP contribution is -2.54. The molecule has 4 nitrogen and oxygen atoms in total. The van der Waals surface area contributed by atoms with Gasteiger partial charge in [-0.15, -0.1) is 0 Å². The maximum atomic E-state index is 9.59. The average Bonchev–Trinajstić information content (AvgIpc) is 3.62. The van der Waals surface area contributed by atoms with Crippen LogP contribution in [0, 0.1) is 17.9 Å². The summed E-state index contributed by atoms with van der Waals surface area (Å²) in [5.41, 5.74) is 14.1. The first kappa shape index (κ1) is 36.7. The zero-order valence-corrected chi connectivity index (χ0v) is 35.1. The van der Waals surface area contributed by atoms with Crippen molar-refractivity contribution in [2.75, 3.05) is 9.80 Å². The van der Waals surface area contributed by atoms with Crippen molar-refractivity contribution in [3.8, 4) is 28.3 Å². The number of fused-ring (bicyclic) bond motifs is 8. The zero-order valence-electron chi connectivity index (χ0n) is 35.1. The fourth-order valence-electron chi connectivity index (χ4n) is 12.7. The second-order valence-corrected chi connectivity index (χ2v) is 18.9.